The zero-order valence-corrected chi connectivity index (χ0v) is 20.4. The minimum absolute atomic E-state index is 0.0674. The van der Waals surface area contributed by atoms with Crippen LogP contribution in [0.2, 0.25) is 0 Å². The SMILES string of the molecule is CCc1cnc(N2CCC([C@H]3C[C@H]3CCOc3ccc(CC(=O)N4CCC4)c(F)c3F)CC2)nc1. The number of piperidine rings is 1. The number of likely N-dealkylation sites (tertiary alicyclic amines) is 1. The van der Waals surface area contributed by atoms with Crippen LogP contribution in [0.5, 0.6) is 5.75 Å². The lowest BCUT2D eigenvalue weighted by atomic mass is 9.90. The van der Waals surface area contributed by atoms with Crippen molar-refractivity contribution in [1.29, 1.82) is 0 Å². The first-order valence-electron chi connectivity index (χ1n) is 13.0. The normalized spacial score (nSPS) is 22.1. The highest BCUT2D eigenvalue weighted by atomic mass is 19.2. The van der Waals surface area contributed by atoms with E-state index in [2.05, 4.69) is 21.8 Å². The monoisotopic (exact) mass is 484 g/mol. The third-order valence-corrected chi connectivity index (χ3v) is 7.93. The fourth-order valence-corrected chi connectivity index (χ4v) is 5.38. The first-order valence-corrected chi connectivity index (χ1v) is 13.0. The molecule has 2 saturated heterocycles. The van der Waals surface area contributed by atoms with Crippen molar-refractivity contribution in [2.24, 2.45) is 17.8 Å². The van der Waals surface area contributed by atoms with E-state index in [0.717, 1.165) is 56.7 Å². The van der Waals surface area contributed by atoms with Gasteiger partial charge in [-0.1, -0.05) is 13.0 Å². The van der Waals surface area contributed by atoms with Crippen molar-refractivity contribution in [1.82, 2.24) is 14.9 Å². The van der Waals surface area contributed by atoms with Crippen LogP contribution < -0.4 is 9.64 Å². The summed E-state index contributed by atoms with van der Waals surface area (Å²) in [4.78, 5) is 25.0. The molecule has 0 N–H and O–H groups in total. The fraction of sp³-hybridized carbons (Fsp3) is 0.593. The number of aromatic nitrogens is 2. The molecule has 3 heterocycles. The van der Waals surface area contributed by atoms with Gasteiger partial charge in [0.25, 0.3) is 0 Å². The van der Waals surface area contributed by atoms with Crippen LogP contribution in [0.25, 0.3) is 0 Å². The predicted octanol–water partition coefficient (Wildman–Crippen LogP) is 4.41. The molecule has 1 aliphatic carbocycles. The van der Waals surface area contributed by atoms with Gasteiger partial charge in [0.1, 0.15) is 0 Å². The molecule has 1 aromatic heterocycles. The topological polar surface area (TPSA) is 58.6 Å². The minimum atomic E-state index is -0.993. The van der Waals surface area contributed by atoms with Crippen LogP contribution in [0.15, 0.2) is 24.5 Å². The van der Waals surface area contributed by atoms with Gasteiger partial charge in [0.15, 0.2) is 11.6 Å². The molecule has 5 rings (SSSR count). The minimum Gasteiger partial charge on any atom is -0.490 e. The van der Waals surface area contributed by atoms with Gasteiger partial charge in [-0.2, -0.15) is 4.39 Å². The second kappa shape index (κ2) is 10.5. The highest BCUT2D eigenvalue weighted by Crippen LogP contribution is 2.50. The first-order chi connectivity index (χ1) is 17.0. The number of ether oxygens (including phenoxy) is 1. The summed E-state index contributed by atoms with van der Waals surface area (Å²) in [5, 5.41) is 0. The summed E-state index contributed by atoms with van der Waals surface area (Å²) in [6, 6.07) is 2.92. The number of carbonyl (C=O) groups is 1. The van der Waals surface area contributed by atoms with Gasteiger partial charge in [0, 0.05) is 44.1 Å². The summed E-state index contributed by atoms with van der Waals surface area (Å²) in [5.74, 6) is 0.621. The van der Waals surface area contributed by atoms with Crippen LogP contribution in [-0.2, 0) is 17.6 Å². The van der Waals surface area contributed by atoms with E-state index in [1.165, 1.54) is 18.6 Å². The van der Waals surface area contributed by atoms with Crippen molar-refractivity contribution in [3.63, 3.8) is 0 Å². The number of nitrogens with zero attached hydrogens (tertiary/aromatic N) is 4. The Balaban J connectivity index is 1.04. The van der Waals surface area contributed by atoms with E-state index >= 15 is 0 Å². The number of hydrogen-bond acceptors (Lipinski definition) is 5. The maximum absolute atomic E-state index is 14.5. The molecule has 6 nitrogen and oxygen atoms in total. The highest BCUT2D eigenvalue weighted by Gasteiger charge is 2.43. The zero-order chi connectivity index (χ0) is 24.4. The van der Waals surface area contributed by atoms with Crippen LogP contribution in [0.1, 0.15) is 50.2 Å². The van der Waals surface area contributed by atoms with E-state index in [1.807, 2.05) is 12.4 Å². The Hall–Kier alpha value is -2.77. The van der Waals surface area contributed by atoms with E-state index < -0.39 is 11.6 Å². The highest BCUT2D eigenvalue weighted by molar-refractivity contribution is 5.79. The predicted molar refractivity (Wildman–Crippen MR) is 129 cm³/mol. The van der Waals surface area contributed by atoms with Crippen molar-refractivity contribution < 1.29 is 18.3 Å². The summed E-state index contributed by atoms with van der Waals surface area (Å²) in [5.41, 5.74) is 1.24. The standard InChI is InChI=1S/C27H34F2N4O2/c1-2-18-16-30-27(31-17-18)33-11-6-19(7-12-33)22-14-20(22)8-13-35-23-5-4-21(25(28)26(23)29)15-24(34)32-9-3-10-32/h4-5,16-17,19-20,22H,2-3,6-15H2,1H3/t20-,22-/m1/s1. The third kappa shape index (κ3) is 5.41. The van der Waals surface area contributed by atoms with Gasteiger partial charge in [-0.3, -0.25) is 4.79 Å². The molecule has 188 valence electrons. The Morgan fingerprint density at radius 2 is 1.83 bits per heavy atom. The molecule has 2 aromatic rings. The molecule has 2 atom stereocenters. The average molecular weight is 485 g/mol. The third-order valence-electron chi connectivity index (χ3n) is 7.93. The van der Waals surface area contributed by atoms with Crippen LogP contribution in [-0.4, -0.2) is 53.6 Å². The molecule has 0 radical (unpaired) electrons. The molecule has 1 aromatic carbocycles. The van der Waals surface area contributed by atoms with Crippen LogP contribution >= 0.6 is 0 Å². The molecular weight excluding hydrogens is 450 g/mol. The number of aryl methyl sites for hydroxylation is 1. The van der Waals surface area contributed by atoms with Crippen molar-refractivity contribution in [2.45, 2.75) is 51.9 Å². The van der Waals surface area contributed by atoms with Gasteiger partial charge >= 0.3 is 0 Å². The Bertz CT molecular complexity index is 1040. The van der Waals surface area contributed by atoms with Gasteiger partial charge in [0.05, 0.1) is 13.0 Å². The number of anilines is 1. The van der Waals surface area contributed by atoms with E-state index in [-0.39, 0.29) is 23.6 Å². The summed E-state index contributed by atoms with van der Waals surface area (Å²) in [6.07, 6.45) is 9.95. The number of carbonyl (C=O) groups excluding carboxylic acids is 1. The zero-order valence-electron chi connectivity index (χ0n) is 20.4. The Labute approximate surface area is 205 Å². The van der Waals surface area contributed by atoms with Crippen LogP contribution in [0.4, 0.5) is 14.7 Å². The molecular formula is C27H34F2N4O2. The molecule has 0 unspecified atom stereocenters. The maximum atomic E-state index is 14.5. The van der Waals surface area contributed by atoms with Gasteiger partial charge in [-0.15, -0.1) is 0 Å². The smallest absolute Gasteiger partial charge is 0.227 e. The van der Waals surface area contributed by atoms with Gasteiger partial charge in [-0.25, -0.2) is 14.4 Å². The van der Waals surface area contributed by atoms with E-state index in [4.69, 9.17) is 4.74 Å². The van der Waals surface area contributed by atoms with Gasteiger partial charge in [0.2, 0.25) is 17.7 Å². The number of halogens is 2. The van der Waals surface area contributed by atoms with E-state index in [9.17, 15) is 13.6 Å². The first kappa shape index (κ1) is 23.9. The molecule has 3 aliphatic rings. The van der Waals surface area contributed by atoms with Gasteiger partial charge < -0.3 is 14.5 Å². The molecule has 0 bridgehead atoms. The largest absolute Gasteiger partial charge is 0.490 e. The quantitative estimate of drug-likeness (QED) is 0.528. The summed E-state index contributed by atoms with van der Waals surface area (Å²) >= 11 is 0. The fourth-order valence-electron chi connectivity index (χ4n) is 5.38. The molecule has 2 aliphatic heterocycles. The summed E-state index contributed by atoms with van der Waals surface area (Å²) in [7, 11) is 0. The van der Waals surface area contributed by atoms with Crippen molar-refractivity contribution in [3.8, 4) is 5.75 Å². The summed E-state index contributed by atoms with van der Waals surface area (Å²) in [6.45, 7) is 5.84. The van der Waals surface area contributed by atoms with Gasteiger partial charge in [-0.05, 0) is 67.9 Å². The van der Waals surface area contributed by atoms with Crippen molar-refractivity contribution in [2.75, 3.05) is 37.7 Å². The lowest BCUT2D eigenvalue weighted by molar-refractivity contribution is -0.133. The molecule has 1 amide bonds. The van der Waals surface area contributed by atoms with E-state index in [1.54, 1.807) is 4.90 Å². The maximum Gasteiger partial charge on any atom is 0.227 e. The Kier molecular flexibility index (Phi) is 7.16. The number of amides is 1. The average Bonchev–Trinajstić information content (AvgIpc) is 3.62. The molecule has 1 saturated carbocycles. The number of hydrogen-bond donors (Lipinski definition) is 0. The van der Waals surface area contributed by atoms with Crippen molar-refractivity contribution in [3.05, 3.63) is 47.3 Å². The molecule has 3 fully saturated rings. The summed E-state index contributed by atoms with van der Waals surface area (Å²) < 4.78 is 34.6. The second-order valence-corrected chi connectivity index (χ2v) is 10.1. The van der Waals surface area contributed by atoms with E-state index in [0.29, 0.717) is 37.5 Å². The number of benzene rings is 1. The lowest BCUT2D eigenvalue weighted by Crippen LogP contribution is -2.42. The Morgan fingerprint density at radius 3 is 2.49 bits per heavy atom. The lowest BCUT2D eigenvalue weighted by Gasteiger charge is -2.32. The Morgan fingerprint density at radius 1 is 1.09 bits per heavy atom. The molecule has 0 spiro atoms. The molecule has 35 heavy (non-hydrogen) atoms. The molecule has 8 heteroatoms. The van der Waals surface area contributed by atoms with Crippen LogP contribution in [0, 0.1) is 29.4 Å². The number of rotatable bonds is 9. The van der Waals surface area contributed by atoms with Crippen molar-refractivity contribution >= 4 is 11.9 Å². The second-order valence-electron chi connectivity index (χ2n) is 10.1. The van der Waals surface area contributed by atoms with Crippen LogP contribution in [0.3, 0.4) is 0 Å².